The molecule has 0 radical (unpaired) electrons. The van der Waals surface area contributed by atoms with E-state index in [9.17, 15) is 4.79 Å². The van der Waals surface area contributed by atoms with Crippen molar-refractivity contribution >= 4 is 6.03 Å². The zero-order valence-corrected chi connectivity index (χ0v) is 9.08. The highest BCUT2D eigenvalue weighted by molar-refractivity contribution is 5.74. The molecule has 1 heterocycles. The van der Waals surface area contributed by atoms with Crippen molar-refractivity contribution in [3.63, 3.8) is 0 Å². The molecule has 0 saturated carbocycles. The molecule has 0 aromatic rings. The monoisotopic (exact) mass is 200 g/mol. The summed E-state index contributed by atoms with van der Waals surface area (Å²) in [6.07, 6.45) is 3.18. The van der Waals surface area contributed by atoms with Gasteiger partial charge in [0.1, 0.15) is 0 Å². The van der Waals surface area contributed by atoms with E-state index in [4.69, 9.17) is 4.74 Å². The lowest BCUT2D eigenvalue weighted by Crippen LogP contribution is -2.45. The molecule has 1 N–H and O–H groups in total. The zero-order chi connectivity index (χ0) is 10.4. The Morgan fingerprint density at radius 3 is 2.64 bits per heavy atom. The minimum absolute atomic E-state index is 0.0615. The van der Waals surface area contributed by atoms with Gasteiger partial charge >= 0.3 is 6.03 Å². The van der Waals surface area contributed by atoms with Gasteiger partial charge in [0.25, 0.3) is 0 Å². The second kappa shape index (κ2) is 5.86. The fourth-order valence-corrected chi connectivity index (χ4v) is 1.65. The third kappa shape index (κ3) is 3.18. The molecule has 0 aliphatic carbocycles. The number of rotatable bonds is 4. The van der Waals surface area contributed by atoms with Gasteiger partial charge < -0.3 is 15.0 Å². The zero-order valence-electron chi connectivity index (χ0n) is 9.08. The number of hydrogen-bond donors (Lipinski definition) is 1. The molecule has 1 fully saturated rings. The first-order valence-corrected chi connectivity index (χ1v) is 5.32. The molecule has 2 amide bonds. The number of amides is 2. The summed E-state index contributed by atoms with van der Waals surface area (Å²) in [5.41, 5.74) is 0. The summed E-state index contributed by atoms with van der Waals surface area (Å²) < 4.78 is 5.03. The van der Waals surface area contributed by atoms with Gasteiger partial charge in [0, 0.05) is 20.2 Å². The molecule has 1 atom stereocenters. The Morgan fingerprint density at radius 2 is 2.14 bits per heavy atom. The molecule has 4 nitrogen and oxygen atoms in total. The molecule has 0 bridgehead atoms. The standard InChI is InChI=1S/C10H20N2O2/c1-3-9(8-14-2)11-10(13)12-6-4-5-7-12/h9H,3-8H2,1-2H3,(H,11,13). The van der Waals surface area contributed by atoms with Gasteiger partial charge in [-0.05, 0) is 19.3 Å². The van der Waals surface area contributed by atoms with Crippen LogP contribution in [0.3, 0.4) is 0 Å². The number of likely N-dealkylation sites (tertiary alicyclic amines) is 1. The highest BCUT2D eigenvalue weighted by Crippen LogP contribution is 2.07. The number of carbonyl (C=O) groups excluding carboxylic acids is 1. The van der Waals surface area contributed by atoms with Crippen LogP contribution in [-0.2, 0) is 4.74 Å². The molecule has 1 aliphatic rings. The van der Waals surface area contributed by atoms with Crippen LogP contribution in [0, 0.1) is 0 Å². The van der Waals surface area contributed by atoms with Gasteiger partial charge in [0.2, 0.25) is 0 Å². The van der Waals surface area contributed by atoms with Crippen molar-refractivity contribution in [1.82, 2.24) is 10.2 Å². The molecular formula is C10H20N2O2. The Morgan fingerprint density at radius 1 is 1.50 bits per heavy atom. The van der Waals surface area contributed by atoms with Crippen molar-refractivity contribution in [3.05, 3.63) is 0 Å². The lowest BCUT2D eigenvalue weighted by molar-refractivity contribution is 0.156. The Bertz CT molecular complexity index is 179. The Hall–Kier alpha value is -0.770. The SMILES string of the molecule is CCC(COC)NC(=O)N1CCCC1. The fourth-order valence-electron chi connectivity index (χ4n) is 1.65. The van der Waals surface area contributed by atoms with Gasteiger partial charge in [-0.1, -0.05) is 6.92 Å². The van der Waals surface area contributed by atoms with Crippen molar-refractivity contribution < 1.29 is 9.53 Å². The first-order valence-electron chi connectivity index (χ1n) is 5.32. The number of urea groups is 1. The van der Waals surface area contributed by atoms with Crippen LogP contribution in [0.5, 0.6) is 0 Å². The van der Waals surface area contributed by atoms with Crippen molar-refractivity contribution in [3.8, 4) is 0 Å². The number of nitrogens with one attached hydrogen (secondary N) is 1. The van der Waals surface area contributed by atoms with Crippen molar-refractivity contribution in [1.29, 1.82) is 0 Å². The number of nitrogens with zero attached hydrogens (tertiary/aromatic N) is 1. The van der Waals surface area contributed by atoms with E-state index in [0.29, 0.717) is 6.61 Å². The van der Waals surface area contributed by atoms with Crippen LogP contribution in [0.15, 0.2) is 0 Å². The number of ether oxygens (including phenoxy) is 1. The van der Waals surface area contributed by atoms with Crippen LogP contribution in [-0.4, -0.2) is 43.8 Å². The summed E-state index contributed by atoms with van der Waals surface area (Å²) in [6.45, 7) is 4.44. The van der Waals surface area contributed by atoms with Crippen LogP contribution < -0.4 is 5.32 Å². The molecule has 0 aromatic carbocycles. The number of methoxy groups -OCH3 is 1. The molecule has 1 unspecified atom stereocenters. The van der Waals surface area contributed by atoms with E-state index in [0.717, 1.165) is 32.4 Å². The van der Waals surface area contributed by atoms with E-state index in [-0.39, 0.29) is 12.1 Å². The van der Waals surface area contributed by atoms with Crippen LogP contribution in [0.25, 0.3) is 0 Å². The normalized spacial score (nSPS) is 18.3. The molecule has 82 valence electrons. The maximum Gasteiger partial charge on any atom is 0.317 e. The summed E-state index contributed by atoms with van der Waals surface area (Å²) in [5, 5.41) is 2.97. The minimum atomic E-state index is 0.0615. The van der Waals surface area contributed by atoms with Gasteiger partial charge in [-0.2, -0.15) is 0 Å². The number of carbonyl (C=O) groups is 1. The summed E-state index contributed by atoms with van der Waals surface area (Å²) >= 11 is 0. The second-order valence-electron chi connectivity index (χ2n) is 3.70. The molecule has 0 aromatic heterocycles. The first-order chi connectivity index (χ1) is 6.77. The van der Waals surface area contributed by atoms with E-state index < -0.39 is 0 Å². The largest absolute Gasteiger partial charge is 0.383 e. The van der Waals surface area contributed by atoms with Crippen LogP contribution in [0.4, 0.5) is 4.79 Å². The lowest BCUT2D eigenvalue weighted by Gasteiger charge is -2.21. The first kappa shape index (κ1) is 11.3. The fraction of sp³-hybridized carbons (Fsp3) is 0.900. The predicted molar refractivity (Wildman–Crippen MR) is 55.3 cm³/mol. The third-order valence-corrected chi connectivity index (χ3v) is 2.58. The summed E-state index contributed by atoms with van der Waals surface area (Å²) in [7, 11) is 1.66. The average Bonchev–Trinajstić information content (AvgIpc) is 2.69. The van der Waals surface area contributed by atoms with E-state index in [1.165, 1.54) is 0 Å². The molecule has 1 aliphatic heterocycles. The van der Waals surface area contributed by atoms with Gasteiger partial charge in [0.15, 0.2) is 0 Å². The van der Waals surface area contributed by atoms with Gasteiger partial charge in [-0.15, -0.1) is 0 Å². The highest BCUT2D eigenvalue weighted by Gasteiger charge is 2.19. The van der Waals surface area contributed by atoms with Crippen LogP contribution in [0.2, 0.25) is 0 Å². The van der Waals surface area contributed by atoms with Gasteiger partial charge in [-0.3, -0.25) is 0 Å². The van der Waals surface area contributed by atoms with Crippen molar-refractivity contribution in [2.24, 2.45) is 0 Å². The van der Waals surface area contributed by atoms with Crippen molar-refractivity contribution in [2.75, 3.05) is 26.8 Å². The molecular weight excluding hydrogens is 180 g/mol. The molecule has 1 saturated heterocycles. The van der Waals surface area contributed by atoms with E-state index in [1.807, 2.05) is 11.8 Å². The third-order valence-electron chi connectivity index (χ3n) is 2.58. The molecule has 14 heavy (non-hydrogen) atoms. The highest BCUT2D eigenvalue weighted by atomic mass is 16.5. The summed E-state index contributed by atoms with van der Waals surface area (Å²) in [6, 6.07) is 0.208. The van der Waals surface area contributed by atoms with E-state index >= 15 is 0 Å². The topological polar surface area (TPSA) is 41.6 Å². The summed E-state index contributed by atoms with van der Waals surface area (Å²) in [4.78, 5) is 13.5. The van der Waals surface area contributed by atoms with Crippen molar-refractivity contribution in [2.45, 2.75) is 32.2 Å². The minimum Gasteiger partial charge on any atom is -0.383 e. The maximum absolute atomic E-state index is 11.6. The van der Waals surface area contributed by atoms with Gasteiger partial charge in [0.05, 0.1) is 12.6 Å². The molecule has 1 rings (SSSR count). The summed E-state index contributed by atoms with van der Waals surface area (Å²) in [5.74, 6) is 0. The quantitative estimate of drug-likeness (QED) is 0.741. The Balaban J connectivity index is 2.29. The average molecular weight is 200 g/mol. The predicted octanol–water partition coefficient (Wildman–Crippen LogP) is 1.22. The van der Waals surface area contributed by atoms with Gasteiger partial charge in [-0.25, -0.2) is 4.79 Å². The Kier molecular flexibility index (Phi) is 4.73. The molecule has 0 spiro atoms. The number of hydrogen-bond acceptors (Lipinski definition) is 2. The van der Waals surface area contributed by atoms with E-state index in [1.54, 1.807) is 7.11 Å². The second-order valence-corrected chi connectivity index (χ2v) is 3.70. The van der Waals surface area contributed by atoms with E-state index in [2.05, 4.69) is 5.32 Å². The van der Waals surface area contributed by atoms with Crippen LogP contribution >= 0.6 is 0 Å². The molecule has 4 heteroatoms. The van der Waals surface area contributed by atoms with Crippen LogP contribution in [0.1, 0.15) is 26.2 Å². The lowest BCUT2D eigenvalue weighted by atomic mass is 10.2. The smallest absolute Gasteiger partial charge is 0.317 e. The Labute approximate surface area is 85.6 Å². The maximum atomic E-state index is 11.6.